The van der Waals surface area contributed by atoms with Crippen molar-refractivity contribution in [1.82, 2.24) is 14.9 Å². The number of aromatic nitrogens is 2. The van der Waals surface area contributed by atoms with Crippen molar-refractivity contribution < 1.29 is 24.2 Å². The maximum absolute atomic E-state index is 13.4. The number of nitrogens with zero attached hydrogens (tertiary/aromatic N) is 2. The molecule has 0 radical (unpaired) electrons. The SMILES string of the molecule is CC.Cc1cc2n(c(=O)c1COC(=O)O)Cc1c-2nc2ccc3ccc(-c4ccc(CCOCNC(=O)CN)cc4)cc3c2c1C. The molecule has 2 aromatic heterocycles. The van der Waals surface area contributed by atoms with Gasteiger partial charge in [-0.05, 0) is 77.1 Å². The van der Waals surface area contributed by atoms with E-state index in [1.165, 1.54) is 0 Å². The summed E-state index contributed by atoms with van der Waals surface area (Å²) in [6, 6.07) is 20.7. The van der Waals surface area contributed by atoms with E-state index in [0.717, 1.165) is 67.3 Å². The van der Waals surface area contributed by atoms with Crippen LogP contribution in [0.4, 0.5) is 4.79 Å². The van der Waals surface area contributed by atoms with E-state index in [0.29, 0.717) is 24.3 Å². The molecule has 3 aromatic carbocycles. The Bertz CT molecular complexity index is 2000. The minimum Gasteiger partial charge on any atom is -0.450 e. The van der Waals surface area contributed by atoms with Gasteiger partial charge in [-0.2, -0.15) is 0 Å². The van der Waals surface area contributed by atoms with Crippen molar-refractivity contribution >= 4 is 33.7 Å². The van der Waals surface area contributed by atoms with Crippen LogP contribution in [0, 0.1) is 13.8 Å². The fraction of sp³-hybridized carbons (Fsp3) is 0.278. The molecule has 0 unspecified atom stereocenters. The molecule has 46 heavy (non-hydrogen) atoms. The molecule has 5 aromatic rings. The molecular weight excluding hydrogens is 584 g/mol. The number of carbonyl (C=O) groups is 2. The molecule has 4 N–H and O–H groups in total. The van der Waals surface area contributed by atoms with Gasteiger partial charge in [0.1, 0.15) is 13.3 Å². The second kappa shape index (κ2) is 13.9. The van der Waals surface area contributed by atoms with Crippen LogP contribution in [0.25, 0.3) is 44.2 Å². The molecule has 3 heterocycles. The number of nitrogens with one attached hydrogen (secondary N) is 1. The van der Waals surface area contributed by atoms with E-state index in [9.17, 15) is 14.4 Å². The largest absolute Gasteiger partial charge is 0.506 e. The van der Waals surface area contributed by atoms with Crippen molar-refractivity contribution in [3.05, 3.63) is 98.8 Å². The Labute approximate surface area is 266 Å². The van der Waals surface area contributed by atoms with Crippen molar-refractivity contribution in [2.24, 2.45) is 5.73 Å². The molecule has 0 bridgehead atoms. The van der Waals surface area contributed by atoms with Gasteiger partial charge in [-0.3, -0.25) is 9.59 Å². The molecule has 10 heteroatoms. The van der Waals surface area contributed by atoms with E-state index in [1.54, 1.807) is 11.5 Å². The Morgan fingerprint density at radius 3 is 2.46 bits per heavy atom. The first-order valence-corrected chi connectivity index (χ1v) is 15.3. The molecule has 6 rings (SSSR count). The normalized spacial score (nSPS) is 11.5. The number of pyridine rings is 2. The van der Waals surface area contributed by atoms with E-state index in [2.05, 4.69) is 60.8 Å². The van der Waals surface area contributed by atoms with Crippen LogP contribution in [0.15, 0.2) is 65.5 Å². The summed E-state index contributed by atoms with van der Waals surface area (Å²) in [7, 11) is 0. The first-order chi connectivity index (χ1) is 22.2. The first-order valence-electron chi connectivity index (χ1n) is 15.3. The average molecular weight is 623 g/mol. The first kappa shape index (κ1) is 32.3. The maximum atomic E-state index is 13.4. The van der Waals surface area contributed by atoms with Gasteiger partial charge in [0.05, 0.1) is 42.2 Å². The van der Waals surface area contributed by atoms with Gasteiger partial charge in [-0.1, -0.05) is 56.3 Å². The second-order valence-corrected chi connectivity index (χ2v) is 10.9. The monoisotopic (exact) mass is 622 g/mol. The number of amides is 1. The zero-order valence-electron chi connectivity index (χ0n) is 26.5. The molecule has 1 amide bonds. The number of ether oxygens (including phenoxy) is 2. The quantitative estimate of drug-likeness (QED) is 0.0809. The average Bonchev–Trinajstić information content (AvgIpc) is 3.43. The summed E-state index contributed by atoms with van der Waals surface area (Å²) in [6.45, 7) is 8.50. The van der Waals surface area contributed by atoms with Crippen LogP contribution >= 0.6 is 0 Å². The van der Waals surface area contributed by atoms with E-state index in [1.807, 2.05) is 26.0 Å². The van der Waals surface area contributed by atoms with Gasteiger partial charge in [0.15, 0.2) is 0 Å². The molecule has 1 aliphatic rings. The van der Waals surface area contributed by atoms with Gasteiger partial charge < -0.3 is 30.2 Å². The van der Waals surface area contributed by atoms with Crippen LogP contribution < -0.4 is 16.6 Å². The minimum absolute atomic E-state index is 0.0580. The fourth-order valence-electron chi connectivity index (χ4n) is 5.86. The highest BCUT2D eigenvalue weighted by Crippen LogP contribution is 2.39. The maximum Gasteiger partial charge on any atom is 0.506 e. The van der Waals surface area contributed by atoms with Gasteiger partial charge in [-0.25, -0.2) is 9.78 Å². The molecule has 10 nitrogen and oxygen atoms in total. The van der Waals surface area contributed by atoms with Crippen molar-refractivity contribution in [3.63, 3.8) is 0 Å². The summed E-state index contributed by atoms with van der Waals surface area (Å²) < 4.78 is 11.9. The molecular formula is C36H38N4O6. The molecule has 0 saturated heterocycles. The predicted molar refractivity (Wildman–Crippen MR) is 179 cm³/mol. The number of carboxylic acid groups (broad SMARTS) is 1. The summed E-state index contributed by atoms with van der Waals surface area (Å²) >= 11 is 0. The Hall–Kier alpha value is -5.06. The van der Waals surface area contributed by atoms with Crippen molar-refractivity contribution in [2.75, 3.05) is 19.9 Å². The van der Waals surface area contributed by atoms with Crippen LogP contribution in [0.1, 0.15) is 41.7 Å². The van der Waals surface area contributed by atoms with E-state index < -0.39 is 6.16 Å². The Morgan fingerprint density at radius 2 is 1.74 bits per heavy atom. The van der Waals surface area contributed by atoms with Crippen molar-refractivity contribution in [1.29, 1.82) is 0 Å². The molecule has 0 aliphatic carbocycles. The molecule has 1 aliphatic heterocycles. The fourth-order valence-corrected chi connectivity index (χ4v) is 5.86. The number of aryl methyl sites for hydroxylation is 2. The standard InChI is InChI=1S/C34H32N4O6.C2H6/c1-19-13-29-32-26(16-38(29)33(40)27(19)17-44-34(41)42)20(2)31-25-14-24(8-7-23(25)9-10-28(31)37-32)22-5-3-21(4-6-22)11-12-43-18-36-30(39)15-35;1-2/h3-10,13-14H,11-12,15-18,35H2,1-2H3,(H,36,39)(H,41,42);1-2H3. The lowest BCUT2D eigenvalue weighted by atomic mass is 9.94. The van der Waals surface area contributed by atoms with Crippen LogP contribution in [-0.2, 0) is 33.8 Å². The van der Waals surface area contributed by atoms with Gasteiger partial charge in [0.25, 0.3) is 5.56 Å². The third kappa shape index (κ3) is 6.35. The summed E-state index contributed by atoms with van der Waals surface area (Å²) in [5, 5.41) is 14.7. The number of nitrogens with two attached hydrogens (primary N) is 1. The lowest BCUT2D eigenvalue weighted by molar-refractivity contribution is -0.121. The number of carbonyl (C=O) groups excluding carboxylic acids is 1. The van der Waals surface area contributed by atoms with Gasteiger partial charge in [0, 0.05) is 10.9 Å². The van der Waals surface area contributed by atoms with E-state index in [-0.39, 0.29) is 31.3 Å². The van der Waals surface area contributed by atoms with Gasteiger partial charge >= 0.3 is 6.16 Å². The topological polar surface area (TPSA) is 146 Å². The highest BCUT2D eigenvalue weighted by atomic mass is 16.7. The van der Waals surface area contributed by atoms with E-state index >= 15 is 0 Å². The van der Waals surface area contributed by atoms with Gasteiger partial charge in [-0.15, -0.1) is 0 Å². The number of hydrogen-bond donors (Lipinski definition) is 3. The van der Waals surface area contributed by atoms with Crippen LogP contribution in [0.3, 0.4) is 0 Å². The van der Waals surface area contributed by atoms with Crippen molar-refractivity contribution in [3.8, 4) is 22.5 Å². The Kier molecular flexibility index (Phi) is 9.79. The number of rotatable bonds is 9. The molecule has 238 valence electrons. The zero-order chi connectivity index (χ0) is 33.0. The third-order valence-electron chi connectivity index (χ3n) is 8.25. The summed E-state index contributed by atoms with van der Waals surface area (Å²) in [6.07, 6.45) is -0.698. The minimum atomic E-state index is -1.42. The Balaban J connectivity index is 0.00000204. The lowest BCUT2D eigenvalue weighted by Crippen LogP contribution is -2.32. The smallest absolute Gasteiger partial charge is 0.450 e. The number of fused-ring (bicyclic) bond motifs is 6. The molecule has 0 saturated carbocycles. The molecule has 0 spiro atoms. The van der Waals surface area contributed by atoms with E-state index in [4.69, 9.17) is 25.3 Å². The third-order valence-corrected chi connectivity index (χ3v) is 8.25. The summed E-state index contributed by atoms with van der Waals surface area (Å²) in [4.78, 5) is 40.6. The van der Waals surface area contributed by atoms with Gasteiger partial charge in [0.2, 0.25) is 5.91 Å². The van der Waals surface area contributed by atoms with Crippen LogP contribution in [0.5, 0.6) is 0 Å². The molecule has 0 atom stereocenters. The number of benzene rings is 3. The highest BCUT2D eigenvalue weighted by Gasteiger charge is 2.27. The summed E-state index contributed by atoms with van der Waals surface area (Å²) in [5.74, 6) is -0.248. The Morgan fingerprint density at radius 1 is 1.02 bits per heavy atom. The van der Waals surface area contributed by atoms with Crippen molar-refractivity contribution in [2.45, 2.75) is 47.3 Å². The summed E-state index contributed by atoms with van der Waals surface area (Å²) in [5.41, 5.74) is 13.7. The number of hydrogen-bond acceptors (Lipinski definition) is 7. The highest BCUT2D eigenvalue weighted by molar-refractivity contribution is 6.10. The van der Waals surface area contributed by atoms with Crippen LogP contribution in [-0.4, -0.2) is 46.6 Å². The predicted octanol–water partition coefficient (Wildman–Crippen LogP) is 5.67. The zero-order valence-corrected chi connectivity index (χ0v) is 26.5. The van der Waals surface area contributed by atoms with Crippen LogP contribution in [0.2, 0.25) is 0 Å². The lowest BCUT2D eigenvalue weighted by Gasteiger charge is -2.13. The second-order valence-electron chi connectivity index (χ2n) is 10.9. The molecule has 0 fully saturated rings.